The number of thioether (sulfide) groups is 1. The molecule has 1 amide bonds. The van der Waals surface area contributed by atoms with E-state index in [1.807, 2.05) is 0 Å². The van der Waals surface area contributed by atoms with E-state index in [1.165, 1.54) is 22.7 Å². The van der Waals surface area contributed by atoms with Gasteiger partial charge < -0.3 is 4.74 Å². The second kappa shape index (κ2) is 4.02. The second-order valence-corrected chi connectivity index (χ2v) is 5.00. The zero-order chi connectivity index (χ0) is 11.0. The number of ether oxygens (including phenoxy) is 1. The Kier molecular flexibility index (Phi) is 2.88. The molecule has 0 radical (unpaired) electrons. The molecule has 0 aromatic heterocycles. The number of amides is 1. The average Bonchev–Trinajstić information content (AvgIpc) is 2.65. The van der Waals surface area contributed by atoms with Crippen LogP contribution in [-0.2, 0) is 14.3 Å². The van der Waals surface area contributed by atoms with Gasteiger partial charge in [0.05, 0.1) is 0 Å². The molecule has 0 saturated carbocycles. The van der Waals surface area contributed by atoms with Gasteiger partial charge in [0, 0.05) is 5.41 Å². The van der Waals surface area contributed by atoms with E-state index in [-0.39, 0.29) is 22.7 Å². The average molecular weight is 290 g/mol. The zero-order valence-corrected chi connectivity index (χ0v) is 10.1. The fourth-order valence-corrected chi connectivity index (χ4v) is 3.26. The van der Waals surface area contributed by atoms with E-state index < -0.39 is 5.97 Å². The zero-order valence-electron chi connectivity index (χ0n) is 7.68. The molecule has 2 aliphatic rings. The van der Waals surface area contributed by atoms with Crippen molar-refractivity contribution in [2.24, 2.45) is 0 Å². The van der Waals surface area contributed by atoms with E-state index in [4.69, 9.17) is 4.74 Å². The molecule has 1 saturated heterocycles. The van der Waals surface area contributed by atoms with Gasteiger partial charge >= 0.3 is 5.97 Å². The maximum atomic E-state index is 11.5. The molecule has 1 fully saturated rings. The van der Waals surface area contributed by atoms with Crippen LogP contribution in [0.1, 0.15) is 0 Å². The highest BCUT2D eigenvalue weighted by atomic mass is 79.9. The summed E-state index contributed by atoms with van der Waals surface area (Å²) < 4.78 is 4.86. The number of hydrogen-bond donors (Lipinski definition) is 0. The van der Waals surface area contributed by atoms with Crippen LogP contribution < -0.4 is 0 Å². The minimum atomic E-state index is -0.474. The summed E-state index contributed by atoms with van der Waals surface area (Å²) in [7, 11) is 0. The van der Waals surface area contributed by atoms with Crippen molar-refractivity contribution in [3.8, 4) is 0 Å². The number of β-lactam (4-membered cyclic amide) rings is 1. The quantitative estimate of drug-likeness (QED) is 0.339. The lowest BCUT2D eigenvalue weighted by atomic mass is 10.2. The molecule has 2 aliphatic heterocycles. The predicted molar refractivity (Wildman–Crippen MR) is 60.2 cm³/mol. The fraction of sp³-hybridized carbons (Fsp3) is 0.333. The van der Waals surface area contributed by atoms with Crippen LogP contribution in [0.25, 0.3) is 0 Å². The number of fused-ring (bicyclic) bond motifs is 1. The van der Waals surface area contributed by atoms with Crippen molar-refractivity contribution < 1.29 is 14.3 Å². The maximum absolute atomic E-state index is 11.5. The number of hydrogen-bond acceptors (Lipinski definition) is 4. The largest absolute Gasteiger partial charge is 0.457 e. The Bertz CT molecular complexity index is 368. The van der Waals surface area contributed by atoms with Crippen molar-refractivity contribution in [2.45, 2.75) is 10.2 Å². The first-order valence-corrected chi connectivity index (χ1v) is 6.13. The molecule has 0 aliphatic carbocycles. The lowest BCUT2D eigenvalue weighted by molar-refractivity contribution is -0.147. The third kappa shape index (κ3) is 1.61. The number of halogens is 1. The summed E-state index contributed by atoms with van der Waals surface area (Å²) in [4.78, 5) is 24.2. The first kappa shape index (κ1) is 10.8. The number of carbonyl (C=O) groups is 2. The van der Waals surface area contributed by atoms with Gasteiger partial charge in [-0.2, -0.15) is 0 Å². The summed E-state index contributed by atoms with van der Waals surface area (Å²) in [5, 5.41) is 1.67. The highest BCUT2D eigenvalue weighted by Crippen LogP contribution is 2.44. The van der Waals surface area contributed by atoms with E-state index in [9.17, 15) is 9.59 Å². The Balaban J connectivity index is 2.03. The van der Waals surface area contributed by atoms with E-state index in [1.54, 1.807) is 5.41 Å². The predicted octanol–water partition coefficient (Wildman–Crippen LogP) is 1.24. The van der Waals surface area contributed by atoms with Gasteiger partial charge in [-0.15, -0.1) is 11.8 Å². The number of esters is 1. The molecule has 0 aromatic rings. The van der Waals surface area contributed by atoms with E-state index in [0.29, 0.717) is 5.70 Å². The van der Waals surface area contributed by atoms with Gasteiger partial charge in [-0.3, -0.25) is 9.69 Å². The third-order valence-electron chi connectivity index (χ3n) is 2.10. The Morgan fingerprint density at radius 3 is 3.20 bits per heavy atom. The standard InChI is InChI=1S/C9H8BrNO3S/c1-2-3-14-9(13)5-4-15-8-6(10)7(12)11(5)8/h2,4,6,8H,1,3H2/t6?,8-/m1/s1. The first-order chi connectivity index (χ1) is 7.16. The van der Waals surface area contributed by atoms with Crippen molar-refractivity contribution in [3.05, 3.63) is 23.8 Å². The summed E-state index contributed by atoms with van der Waals surface area (Å²) in [6.07, 6.45) is 1.49. The molecule has 2 heterocycles. The van der Waals surface area contributed by atoms with Crippen LogP contribution in [0.15, 0.2) is 23.8 Å². The maximum Gasteiger partial charge on any atom is 0.355 e. The molecule has 4 nitrogen and oxygen atoms in total. The van der Waals surface area contributed by atoms with E-state index in [0.717, 1.165) is 0 Å². The van der Waals surface area contributed by atoms with Gasteiger partial charge in [0.15, 0.2) is 0 Å². The number of nitrogens with zero attached hydrogens (tertiary/aromatic N) is 1. The smallest absolute Gasteiger partial charge is 0.355 e. The van der Waals surface area contributed by atoms with Crippen LogP contribution in [0.3, 0.4) is 0 Å². The van der Waals surface area contributed by atoms with Crippen molar-refractivity contribution in [1.82, 2.24) is 4.90 Å². The molecule has 0 bridgehead atoms. The summed E-state index contributed by atoms with van der Waals surface area (Å²) in [5.41, 5.74) is 0.326. The number of alkyl halides is 1. The van der Waals surface area contributed by atoms with Gasteiger partial charge in [-0.1, -0.05) is 28.6 Å². The molecule has 80 valence electrons. The SMILES string of the molecule is C=CCOC(=O)C1=CS[C@@H]2C(Br)C(=O)N12. The van der Waals surface area contributed by atoms with Gasteiger partial charge in [0.25, 0.3) is 0 Å². The minimum Gasteiger partial charge on any atom is -0.457 e. The topological polar surface area (TPSA) is 46.6 Å². The van der Waals surface area contributed by atoms with Gasteiger partial charge in [0.2, 0.25) is 5.91 Å². The molecule has 0 spiro atoms. The molecule has 0 aromatic carbocycles. The monoisotopic (exact) mass is 289 g/mol. The highest BCUT2D eigenvalue weighted by Gasteiger charge is 2.52. The van der Waals surface area contributed by atoms with E-state index >= 15 is 0 Å². The molecule has 1 unspecified atom stereocenters. The lowest BCUT2D eigenvalue weighted by Crippen LogP contribution is -2.58. The number of carbonyl (C=O) groups excluding carboxylic acids is 2. The minimum absolute atomic E-state index is 0.00350. The first-order valence-electron chi connectivity index (χ1n) is 4.27. The van der Waals surface area contributed by atoms with Crippen LogP contribution in [0.2, 0.25) is 0 Å². The summed E-state index contributed by atoms with van der Waals surface area (Å²) in [6, 6.07) is 0. The van der Waals surface area contributed by atoms with Crippen LogP contribution in [0, 0.1) is 0 Å². The normalized spacial score (nSPS) is 27.9. The van der Waals surface area contributed by atoms with Crippen molar-refractivity contribution >= 4 is 39.6 Å². The van der Waals surface area contributed by atoms with E-state index in [2.05, 4.69) is 22.5 Å². The van der Waals surface area contributed by atoms with Crippen molar-refractivity contribution in [2.75, 3.05) is 6.61 Å². The summed E-state index contributed by atoms with van der Waals surface area (Å²) in [5.74, 6) is -0.565. The molecular formula is C9H8BrNO3S. The Morgan fingerprint density at radius 1 is 1.80 bits per heavy atom. The molecule has 2 atom stereocenters. The Morgan fingerprint density at radius 2 is 2.53 bits per heavy atom. The van der Waals surface area contributed by atoms with Gasteiger partial charge in [0.1, 0.15) is 22.5 Å². The molecular weight excluding hydrogens is 282 g/mol. The van der Waals surface area contributed by atoms with Gasteiger partial charge in [-0.05, 0) is 0 Å². The number of rotatable bonds is 3. The molecule has 15 heavy (non-hydrogen) atoms. The van der Waals surface area contributed by atoms with Crippen molar-refractivity contribution in [3.63, 3.8) is 0 Å². The summed E-state index contributed by atoms with van der Waals surface area (Å²) in [6.45, 7) is 3.60. The van der Waals surface area contributed by atoms with Gasteiger partial charge in [-0.25, -0.2) is 4.79 Å². The van der Waals surface area contributed by atoms with Crippen LogP contribution in [-0.4, -0.2) is 33.6 Å². The molecule has 0 N–H and O–H groups in total. The summed E-state index contributed by atoms with van der Waals surface area (Å²) >= 11 is 4.69. The molecule has 2 rings (SSSR count). The molecule has 6 heteroatoms. The fourth-order valence-electron chi connectivity index (χ4n) is 1.36. The second-order valence-electron chi connectivity index (χ2n) is 3.03. The van der Waals surface area contributed by atoms with Crippen molar-refractivity contribution in [1.29, 1.82) is 0 Å². The van der Waals surface area contributed by atoms with Crippen LogP contribution >= 0.6 is 27.7 Å². The Labute approximate surface area is 99.5 Å². The Hall–Kier alpha value is -0.750. The lowest BCUT2D eigenvalue weighted by Gasteiger charge is -2.39. The third-order valence-corrected chi connectivity index (χ3v) is 4.46. The van der Waals surface area contributed by atoms with Crippen LogP contribution in [0.5, 0.6) is 0 Å². The van der Waals surface area contributed by atoms with Crippen LogP contribution in [0.4, 0.5) is 0 Å². The highest BCUT2D eigenvalue weighted by molar-refractivity contribution is 9.10.